The van der Waals surface area contributed by atoms with Gasteiger partial charge < -0.3 is 14.8 Å². The van der Waals surface area contributed by atoms with Crippen molar-refractivity contribution in [3.05, 3.63) is 29.3 Å². The van der Waals surface area contributed by atoms with E-state index in [0.29, 0.717) is 18.4 Å². The molecule has 1 saturated carbocycles. The molecular formula is C22H29F2NO5. The lowest BCUT2D eigenvalue weighted by atomic mass is 9.82. The number of Topliss-reactive ketones (excluding diaryl/α,β-unsaturated/α-hetero) is 1. The van der Waals surface area contributed by atoms with E-state index < -0.39 is 35.9 Å². The van der Waals surface area contributed by atoms with E-state index in [1.807, 2.05) is 20.8 Å². The maximum Gasteiger partial charge on any atom is 0.387 e. The van der Waals surface area contributed by atoms with Crippen LogP contribution in [0.5, 0.6) is 5.75 Å². The predicted octanol–water partition coefficient (Wildman–Crippen LogP) is 4.19. The molecule has 0 bridgehead atoms. The normalized spacial score (nSPS) is 15.7. The summed E-state index contributed by atoms with van der Waals surface area (Å²) in [6, 6.07) is 4.24. The van der Waals surface area contributed by atoms with Crippen LogP contribution < -0.4 is 10.1 Å². The van der Waals surface area contributed by atoms with Crippen LogP contribution in [-0.4, -0.2) is 36.4 Å². The van der Waals surface area contributed by atoms with Crippen LogP contribution in [0.2, 0.25) is 0 Å². The third kappa shape index (κ3) is 6.50. The molecule has 1 amide bonds. The van der Waals surface area contributed by atoms with E-state index in [0.717, 1.165) is 12.8 Å². The molecule has 0 aliphatic heterocycles. The molecule has 2 rings (SSSR count). The van der Waals surface area contributed by atoms with Crippen LogP contribution in [0.15, 0.2) is 18.2 Å². The van der Waals surface area contributed by atoms with Gasteiger partial charge in [-0.05, 0) is 52.7 Å². The van der Waals surface area contributed by atoms with Gasteiger partial charge >= 0.3 is 12.6 Å². The van der Waals surface area contributed by atoms with Crippen LogP contribution in [0.25, 0.3) is 0 Å². The second-order valence-corrected chi connectivity index (χ2v) is 8.84. The number of aryl methyl sites for hydroxylation is 1. The Kier molecular flexibility index (Phi) is 7.55. The van der Waals surface area contributed by atoms with E-state index in [4.69, 9.17) is 4.74 Å². The topological polar surface area (TPSA) is 81.7 Å². The first-order valence-electron chi connectivity index (χ1n) is 9.99. The van der Waals surface area contributed by atoms with E-state index in [1.165, 1.54) is 12.1 Å². The van der Waals surface area contributed by atoms with E-state index in [1.54, 1.807) is 13.0 Å². The van der Waals surface area contributed by atoms with Crippen molar-refractivity contribution in [1.29, 1.82) is 0 Å². The SMILES string of the molecule is Cc1ccc(OC(F)F)c(C(=O)COC(=O)C2(CC(=O)NC(C)(C)C)CCCC2)c1. The Bertz CT molecular complexity index is 795. The van der Waals surface area contributed by atoms with Gasteiger partial charge in [-0.1, -0.05) is 24.5 Å². The Morgan fingerprint density at radius 3 is 2.37 bits per heavy atom. The number of carbonyl (C=O) groups excluding carboxylic acids is 3. The maximum absolute atomic E-state index is 12.8. The number of hydrogen-bond acceptors (Lipinski definition) is 5. The maximum atomic E-state index is 12.8. The summed E-state index contributed by atoms with van der Waals surface area (Å²) in [7, 11) is 0. The van der Waals surface area contributed by atoms with Crippen LogP contribution in [-0.2, 0) is 14.3 Å². The van der Waals surface area contributed by atoms with Crippen LogP contribution in [0.4, 0.5) is 8.78 Å². The first kappa shape index (κ1) is 23.8. The molecule has 0 atom stereocenters. The van der Waals surface area contributed by atoms with Crippen molar-refractivity contribution in [2.45, 2.75) is 71.9 Å². The van der Waals surface area contributed by atoms with Crippen molar-refractivity contribution >= 4 is 17.7 Å². The molecule has 1 aliphatic carbocycles. The number of esters is 1. The molecular weight excluding hydrogens is 396 g/mol. The van der Waals surface area contributed by atoms with Crippen molar-refractivity contribution in [2.24, 2.45) is 5.41 Å². The zero-order valence-corrected chi connectivity index (χ0v) is 17.8. The van der Waals surface area contributed by atoms with Gasteiger partial charge in [0.1, 0.15) is 5.75 Å². The predicted molar refractivity (Wildman–Crippen MR) is 107 cm³/mol. The van der Waals surface area contributed by atoms with E-state index in [9.17, 15) is 23.2 Å². The highest BCUT2D eigenvalue weighted by molar-refractivity contribution is 6.01. The molecule has 1 N–H and O–H groups in total. The van der Waals surface area contributed by atoms with Crippen molar-refractivity contribution in [1.82, 2.24) is 5.32 Å². The quantitative estimate of drug-likeness (QED) is 0.499. The molecule has 0 saturated heterocycles. The number of ether oxygens (including phenoxy) is 2. The van der Waals surface area contributed by atoms with Gasteiger partial charge in [-0.2, -0.15) is 8.78 Å². The van der Waals surface area contributed by atoms with Gasteiger partial charge in [-0.25, -0.2) is 0 Å². The number of amides is 1. The van der Waals surface area contributed by atoms with E-state index in [-0.39, 0.29) is 23.6 Å². The zero-order valence-electron chi connectivity index (χ0n) is 17.8. The highest BCUT2D eigenvalue weighted by Gasteiger charge is 2.44. The first-order valence-corrected chi connectivity index (χ1v) is 9.99. The van der Waals surface area contributed by atoms with Crippen molar-refractivity contribution < 1.29 is 32.6 Å². The van der Waals surface area contributed by atoms with E-state index >= 15 is 0 Å². The minimum Gasteiger partial charge on any atom is -0.457 e. The van der Waals surface area contributed by atoms with Gasteiger partial charge in [-0.3, -0.25) is 14.4 Å². The summed E-state index contributed by atoms with van der Waals surface area (Å²) >= 11 is 0. The lowest BCUT2D eigenvalue weighted by Crippen LogP contribution is -2.44. The molecule has 0 heterocycles. The lowest BCUT2D eigenvalue weighted by molar-refractivity contribution is -0.157. The Hall–Kier alpha value is -2.51. The zero-order chi connectivity index (χ0) is 22.5. The average Bonchev–Trinajstić information content (AvgIpc) is 3.08. The third-order valence-electron chi connectivity index (χ3n) is 4.99. The number of carbonyl (C=O) groups is 3. The summed E-state index contributed by atoms with van der Waals surface area (Å²) in [5.74, 6) is -1.77. The number of benzene rings is 1. The standard InChI is InChI=1S/C22H29F2NO5/c1-14-7-8-17(30-20(23)24)15(11-14)16(26)13-29-19(28)22(9-5-6-10-22)12-18(27)25-21(2,3)4/h7-8,11,20H,5-6,9-10,12-13H2,1-4H3,(H,25,27). The second-order valence-electron chi connectivity index (χ2n) is 8.84. The monoisotopic (exact) mass is 425 g/mol. The van der Waals surface area contributed by atoms with Crippen LogP contribution in [0.3, 0.4) is 0 Å². The Morgan fingerprint density at radius 1 is 1.17 bits per heavy atom. The largest absolute Gasteiger partial charge is 0.457 e. The first-order chi connectivity index (χ1) is 13.9. The molecule has 0 spiro atoms. The molecule has 0 unspecified atom stereocenters. The minimum absolute atomic E-state index is 0.0124. The average molecular weight is 425 g/mol. The number of hydrogen-bond donors (Lipinski definition) is 1. The number of nitrogens with one attached hydrogen (secondary N) is 1. The number of alkyl halides is 2. The summed E-state index contributed by atoms with van der Waals surface area (Å²) in [6.45, 7) is 3.57. The highest BCUT2D eigenvalue weighted by atomic mass is 19.3. The van der Waals surface area contributed by atoms with Crippen LogP contribution in [0, 0.1) is 12.3 Å². The fourth-order valence-corrected chi connectivity index (χ4v) is 3.70. The molecule has 1 aromatic carbocycles. The number of rotatable bonds is 8. The number of halogens is 2. The highest BCUT2D eigenvalue weighted by Crippen LogP contribution is 2.42. The Morgan fingerprint density at radius 2 is 1.80 bits per heavy atom. The van der Waals surface area contributed by atoms with Gasteiger partial charge in [0.05, 0.1) is 11.0 Å². The van der Waals surface area contributed by atoms with E-state index in [2.05, 4.69) is 10.1 Å². The second kappa shape index (κ2) is 9.53. The van der Waals surface area contributed by atoms with Gasteiger partial charge in [0.15, 0.2) is 6.61 Å². The van der Waals surface area contributed by atoms with Gasteiger partial charge in [-0.15, -0.1) is 0 Å². The smallest absolute Gasteiger partial charge is 0.387 e. The van der Waals surface area contributed by atoms with Gasteiger partial charge in [0.25, 0.3) is 0 Å². The summed E-state index contributed by atoms with van der Waals surface area (Å²) in [5.41, 5.74) is -0.792. The molecule has 8 heteroatoms. The Balaban J connectivity index is 2.08. The molecule has 166 valence electrons. The van der Waals surface area contributed by atoms with Crippen molar-refractivity contribution in [2.75, 3.05) is 6.61 Å². The lowest BCUT2D eigenvalue weighted by Gasteiger charge is -2.28. The summed E-state index contributed by atoms with van der Waals surface area (Å²) in [6.07, 6.45) is 2.57. The van der Waals surface area contributed by atoms with Gasteiger partial charge in [0, 0.05) is 12.0 Å². The molecule has 0 radical (unpaired) electrons. The van der Waals surface area contributed by atoms with Crippen molar-refractivity contribution in [3.63, 3.8) is 0 Å². The molecule has 30 heavy (non-hydrogen) atoms. The van der Waals surface area contributed by atoms with Crippen molar-refractivity contribution in [3.8, 4) is 5.75 Å². The van der Waals surface area contributed by atoms with Gasteiger partial charge in [0.2, 0.25) is 11.7 Å². The van der Waals surface area contributed by atoms with Crippen LogP contribution >= 0.6 is 0 Å². The summed E-state index contributed by atoms with van der Waals surface area (Å²) in [5, 5.41) is 2.85. The Labute approximate surface area is 175 Å². The molecule has 1 aliphatic rings. The fraction of sp³-hybridized carbons (Fsp3) is 0.591. The third-order valence-corrected chi connectivity index (χ3v) is 4.99. The summed E-state index contributed by atoms with van der Waals surface area (Å²) < 4.78 is 34.9. The number of ketones is 1. The molecule has 1 fully saturated rings. The molecule has 1 aromatic rings. The summed E-state index contributed by atoms with van der Waals surface area (Å²) in [4.78, 5) is 37.8. The fourth-order valence-electron chi connectivity index (χ4n) is 3.70. The minimum atomic E-state index is -3.08. The molecule has 0 aromatic heterocycles. The van der Waals surface area contributed by atoms with Crippen LogP contribution in [0.1, 0.15) is 68.8 Å². The molecule has 6 nitrogen and oxygen atoms in total.